The molecule has 1 aromatic heterocycles. The lowest BCUT2D eigenvalue weighted by atomic mass is 9.97. The van der Waals surface area contributed by atoms with E-state index >= 15 is 0 Å². The van der Waals surface area contributed by atoms with Crippen LogP contribution in [0.1, 0.15) is 38.7 Å². The van der Waals surface area contributed by atoms with Crippen LogP contribution >= 0.6 is 0 Å². The Balaban J connectivity index is 1.59. The van der Waals surface area contributed by atoms with Gasteiger partial charge >= 0.3 is 0 Å². The van der Waals surface area contributed by atoms with Crippen LogP contribution in [-0.2, 0) is 4.79 Å². The lowest BCUT2D eigenvalue weighted by molar-refractivity contribution is -0.120. The fraction of sp³-hybridized carbons (Fsp3) is 0.455. The van der Waals surface area contributed by atoms with E-state index in [0.29, 0.717) is 5.92 Å². The maximum absolute atomic E-state index is 12.8. The summed E-state index contributed by atoms with van der Waals surface area (Å²) in [6.45, 7) is 9.86. The summed E-state index contributed by atoms with van der Waals surface area (Å²) >= 11 is 0. The molecule has 3 rings (SSSR count). The second-order valence-corrected chi connectivity index (χ2v) is 7.27. The first-order valence-electron chi connectivity index (χ1n) is 9.90. The van der Waals surface area contributed by atoms with E-state index in [0.717, 1.165) is 44.1 Å². The number of hydrogen-bond acceptors (Lipinski definition) is 4. The smallest absolute Gasteiger partial charge is 0.241 e. The highest BCUT2D eigenvalue weighted by atomic mass is 16.2. The molecule has 27 heavy (non-hydrogen) atoms. The van der Waals surface area contributed by atoms with E-state index in [1.54, 1.807) is 0 Å². The molecule has 2 heterocycles. The van der Waals surface area contributed by atoms with Gasteiger partial charge in [0.1, 0.15) is 5.82 Å². The highest BCUT2D eigenvalue weighted by molar-refractivity contribution is 5.95. The molecular weight excluding hydrogens is 336 g/mol. The molecule has 0 radical (unpaired) electrons. The molecule has 144 valence electrons. The largest absolute Gasteiger partial charge is 0.354 e. The standard InChI is InChI=1S/C22H30N4O/c1-4-17(2)19-9-5-6-10-20(19)24-22(27)18(3)25-13-15-26(16-14-25)21-11-7-8-12-23-21/h5-12,17-18H,4,13-16H2,1-3H3,(H,24,27)/t17-,18+/m0/s1. The van der Waals surface area contributed by atoms with Crippen LogP contribution in [0.15, 0.2) is 48.7 Å². The van der Waals surface area contributed by atoms with Gasteiger partial charge in [-0.1, -0.05) is 38.1 Å². The molecule has 0 aliphatic carbocycles. The summed E-state index contributed by atoms with van der Waals surface area (Å²) in [4.78, 5) is 21.8. The maximum atomic E-state index is 12.8. The highest BCUT2D eigenvalue weighted by Gasteiger charge is 2.26. The van der Waals surface area contributed by atoms with Gasteiger partial charge in [0.2, 0.25) is 5.91 Å². The lowest BCUT2D eigenvalue weighted by Crippen LogP contribution is -2.53. The van der Waals surface area contributed by atoms with Gasteiger partial charge in [0.05, 0.1) is 6.04 Å². The van der Waals surface area contributed by atoms with E-state index in [2.05, 4.69) is 40.0 Å². The van der Waals surface area contributed by atoms with Crippen LogP contribution in [-0.4, -0.2) is 48.0 Å². The number of para-hydroxylation sites is 1. The van der Waals surface area contributed by atoms with Gasteiger partial charge in [-0.05, 0) is 43.0 Å². The Kier molecular flexibility index (Phi) is 6.45. The molecule has 1 saturated heterocycles. The van der Waals surface area contributed by atoms with E-state index in [-0.39, 0.29) is 11.9 Å². The molecule has 0 saturated carbocycles. The molecule has 2 atom stereocenters. The number of carbonyl (C=O) groups is 1. The van der Waals surface area contributed by atoms with Gasteiger partial charge in [0, 0.05) is 38.1 Å². The predicted octanol–water partition coefficient (Wildman–Crippen LogP) is 3.74. The molecule has 1 N–H and O–H groups in total. The molecule has 1 aliphatic rings. The molecule has 0 unspecified atom stereocenters. The summed E-state index contributed by atoms with van der Waals surface area (Å²) < 4.78 is 0. The number of pyridine rings is 1. The molecule has 1 fully saturated rings. The number of hydrogen-bond donors (Lipinski definition) is 1. The molecule has 1 amide bonds. The van der Waals surface area contributed by atoms with Gasteiger partial charge in [0.15, 0.2) is 0 Å². The van der Waals surface area contributed by atoms with E-state index < -0.39 is 0 Å². The molecule has 5 nitrogen and oxygen atoms in total. The number of piperazine rings is 1. The number of rotatable bonds is 6. The van der Waals surface area contributed by atoms with Gasteiger partial charge in [-0.25, -0.2) is 4.98 Å². The van der Waals surface area contributed by atoms with Crippen LogP contribution in [0.3, 0.4) is 0 Å². The third-order valence-electron chi connectivity index (χ3n) is 5.58. The van der Waals surface area contributed by atoms with Crippen molar-refractivity contribution in [3.63, 3.8) is 0 Å². The molecule has 1 aromatic carbocycles. The Morgan fingerprint density at radius 2 is 1.78 bits per heavy atom. The summed E-state index contributed by atoms with van der Waals surface area (Å²) in [7, 11) is 0. The van der Waals surface area contributed by atoms with Crippen molar-refractivity contribution >= 4 is 17.4 Å². The van der Waals surface area contributed by atoms with Gasteiger partial charge in [-0.2, -0.15) is 0 Å². The first-order chi connectivity index (χ1) is 13.1. The number of amides is 1. The van der Waals surface area contributed by atoms with Crippen LogP contribution in [0.4, 0.5) is 11.5 Å². The van der Waals surface area contributed by atoms with Gasteiger partial charge in [-0.3, -0.25) is 9.69 Å². The number of benzene rings is 1. The topological polar surface area (TPSA) is 48.5 Å². The van der Waals surface area contributed by atoms with Gasteiger partial charge < -0.3 is 10.2 Å². The Morgan fingerprint density at radius 1 is 1.07 bits per heavy atom. The third kappa shape index (κ3) is 4.66. The first-order valence-corrected chi connectivity index (χ1v) is 9.90. The summed E-state index contributed by atoms with van der Waals surface area (Å²) in [6, 6.07) is 14.0. The summed E-state index contributed by atoms with van der Waals surface area (Å²) in [6.07, 6.45) is 2.88. The van der Waals surface area contributed by atoms with Crippen LogP contribution in [0.2, 0.25) is 0 Å². The zero-order valence-corrected chi connectivity index (χ0v) is 16.6. The Hall–Kier alpha value is -2.40. The summed E-state index contributed by atoms with van der Waals surface area (Å²) in [5, 5.41) is 3.16. The fourth-order valence-electron chi connectivity index (χ4n) is 3.54. The Morgan fingerprint density at radius 3 is 2.44 bits per heavy atom. The van der Waals surface area contributed by atoms with Crippen molar-refractivity contribution in [2.45, 2.75) is 39.2 Å². The average Bonchev–Trinajstić information content (AvgIpc) is 2.73. The van der Waals surface area contributed by atoms with E-state index in [1.807, 2.05) is 49.5 Å². The normalized spacial score (nSPS) is 17.4. The second kappa shape index (κ2) is 9.00. The molecular formula is C22H30N4O. The first kappa shape index (κ1) is 19.4. The van der Waals surface area contributed by atoms with Crippen LogP contribution in [0.25, 0.3) is 0 Å². The molecule has 0 bridgehead atoms. The molecule has 1 aliphatic heterocycles. The van der Waals surface area contributed by atoms with Crippen molar-refractivity contribution in [1.82, 2.24) is 9.88 Å². The van der Waals surface area contributed by atoms with Crippen LogP contribution in [0, 0.1) is 0 Å². The minimum Gasteiger partial charge on any atom is -0.354 e. The minimum atomic E-state index is -0.152. The number of aromatic nitrogens is 1. The zero-order valence-electron chi connectivity index (χ0n) is 16.6. The van der Waals surface area contributed by atoms with Crippen molar-refractivity contribution in [3.05, 3.63) is 54.2 Å². The number of nitrogens with one attached hydrogen (secondary N) is 1. The van der Waals surface area contributed by atoms with Crippen molar-refractivity contribution in [2.24, 2.45) is 0 Å². The number of carbonyl (C=O) groups excluding carboxylic acids is 1. The minimum absolute atomic E-state index is 0.0667. The van der Waals surface area contributed by atoms with Gasteiger partial charge in [-0.15, -0.1) is 0 Å². The molecule has 5 heteroatoms. The quantitative estimate of drug-likeness (QED) is 0.846. The SMILES string of the molecule is CC[C@H](C)c1ccccc1NC(=O)[C@@H](C)N1CCN(c2ccccn2)CC1. The average molecular weight is 367 g/mol. The predicted molar refractivity (Wildman–Crippen MR) is 111 cm³/mol. The zero-order chi connectivity index (χ0) is 19.2. The lowest BCUT2D eigenvalue weighted by Gasteiger charge is -2.38. The van der Waals surface area contributed by atoms with Crippen molar-refractivity contribution in [2.75, 3.05) is 36.4 Å². The molecule has 0 spiro atoms. The number of anilines is 2. The van der Waals surface area contributed by atoms with E-state index in [9.17, 15) is 4.79 Å². The summed E-state index contributed by atoms with van der Waals surface area (Å²) in [5.41, 5.74) is 2.15. The van der Waals surface area contributed by atoms with Crippen molar-refractivity contribution in [3.8, 4) is 0 Å². The Labute approximate surface area is 162 Å². The van der Waals surface area contributed by atoms with Crippen molar-refractivity contribution in [1.29, 1.82) is 0 Å². The maximum Gasteiger partial charge on any atom is 0.241 e. The fourth-order valence-corrected chi connectivity index (χ4v) is 3.54. The van der Waals surface area contributed by atoms with E-state index in [4.69, 9.17) is 0 Å². The Bertz CT molecular complexity index is 741. The summed E-state index contributed by atoms with van der Waals surface area (Å²) in [5.74, 6) is 1.51. The second-order valence-electron chi connectivity index (χ2n) is 7.27. The van der Waals surface area contributed by atoms with Crippen molar-refractivity contribution < 1.29 is 4.79 Å². The van der Waals surface area contributed by atoms with Crippen LogP contribution < -0.4 is 10.2 Å². The number of nitrogens with zero attached hydrogens (tertiary/aromatic N) is 3. The third-order valence-corrected chi connectivity index (χ3v) is 5.58. The highest BCUT2D eigenvalue weighted by Crippen LogP contribution is 2.27. The van der Waals surface area contributed by atoms with Crippen LogP contribution in [0.5, 0.6) is 0 Å². The van der Waals surface area contributed by atoms with Gasteiger partial charge in [0.25, 0.3) is 0 Å². The molecule has 2 aromatic rings. The van der Waals surface area contributed by atoms with E-state index in [1.165, 1.54) is 5.56 Å². The monoisotopic (exact) mass is 366 g/mol.